The van der Waals surface area contributed by atoms with Crippen LogP contribution in [0, 0.1) is 5.92 Å². The highest BCUT2D eigenvalue weighted by Gasteiger charge is 2.29. The average Bonchev–Trinajstić information content (AvgIpc) is 2.89. The zero-order valence-corrected chi connectivity index (χ0v) is 8.67. The van der Waals surface area contributed by atoms with Gasteiger partial charge in [0.25, 0.3) is 5.91 Å². The Balaban J connectivity index is 1.94. The molecule has 0 aliphatic heterocycles. The monoisotopic (exact) mass is 212 g/mol. The van der Waals surface area contributed by atoms with Crippen LogP contribution < -0.4 is 11.1 Å². The molecule has 0 aromatic carbocycles. The van der Waals surface area contributed by atoms with Gasteiger partial charge in [0.1, 0.15) is 0 Å². The third-order valence-corrected chi connectivity index (χ3v) is 3.07. The van der Waals surface area contributed by atoms with Gasteiger partial charge in [-0.1, -0.05) is 11.3 Å². The van der Waals surface area contributed by atoms with E-state index in [1.165, 1.54) is 12.8 Å². The molecule has 1 fully saturated rings. The van der Waals surface area contributed by atoms with E-state index in [1.54, 1.807) is 0 Å². The number of rotatable bonds is 3. The van der Waals surface area contributed by atoms with Crippen LogP contribution in [0.25, 0.3) is 0 Å². The molecule has 1 heterocycles. The Bertz CT molecular complexity index is 347. The Hall–Kier alpha value is -1.17. The van der Waals surface area contributed by atoms with Gasteiger partial charge in [-0.25, -0.2) is 0 Å². The molecule has 0 bridgehead atoms. The van der Waals surface area contributed by atoms with Gasteiger partial charge in [-0.15, -0.1) is 10.2 Å². The third kappa shape index (κ3) is 2.01. The summed E-state index contributed by atoms with van der Waals surface area (Å²) in [6, 6.07) is 0.229. The van der Waals surface area contributed by atoms with Crippen LogP contribution in [-0.4, -0.2) is 22.1 Å². The summed E-state index contributed by atoms with van der Waals surface area (Å²) in [7, 11) is 0. The summed E-state index contributed by atoms with van der Waals surface area (Å²) in [5, 5.41) is 10.8. The van der Waals surface area contributed by atoms with Crippen LogP contribution in [0.1, 0.15) is 29.6 Å². The number of carbonyl (C=O) groups excluding carboxylic acids is 1. The number of carbonyl (C=O) groups is 1. The lowest BCUT2D eigenvalue weighted by Crippen LogP contribution is -2.33. The summed E-state index contributed by atoms with van der Waals surface area (Å²) >= 11 is 1.11. The molecule has 1 unspecified atom stereocenters. The van der Waals surface area contributed by atoms with Gasteiger partial charge in [-0.2, -0.15) is 0 Å². The first-order valence-electron chi connectivity index (χ1n) is 4.56. The van der Waals surface area contributed by atoms with Crippen LogP contribution in [0.5, 0.6) is 0 Å². The maximum absolute atomic E-state index is 11.5. The number of nitrogens with one attached hydrogen (secondary N) is 1. The van der Waals surface area contributed by atoms with Crippen molar-refractivity contribution in [2.24, 2.45) is 5.92 Å². The van der Waals surface area contributed by atoms with Gasteiger partial charge in [0.05, 0.1) is 0 Å². The molecule has 0 saturated heterocycles. The Morgan fingerprint density at radius 1 is 1.64 bits per heavy atom. The molecule has 5 nitrogen and oxygen atoms in total. The predicted molar refractivity (Wildman–Crippen MR) is 54.0 cm³/mol. The van der Waals surface area contributed by atoms with Crippen molar-refractivity contribution in [2.45, 2.75) is 25.8 Å². The van der Waals surface area contributed by atoms with Crippen LogP contribution in [0.15, 0.2) is 0 Å². The van der Waals surface area contributed by atoms with Crippen LogP contribution in [0.3, 0.4) is 0 Å². The van der Waals surface area contributed by atoms with Gasteiger partial charge in [-0.3, -0.25) is 4.79 Å². The quantitative estimate of drug-likeness (QED) is 0.770. The van der Waals surface area contributed by atoms with Crippen molar-refractivity contribution in [1.82, 2.24) is 15.5 Å². The van der Waals surface area contributed by atoms with E-state index in [-0.39, 0.29) is 11.9 Å². The number of aromatic nitrogens is 2. The van der Waals surface area contributed by atoms with Crippen molar-refractivity contribution >= 4 is 22.4 Å². The SMILES string of the molecule is CC(NC(=O)c1nnc(N)s1)C1CC1. The molecular formula is C8H12N4OS. The van der Waals surface area contributed by atoms with Crippen LogP contribution in [0.4, 0.5) is 5.13 Å². The van der Waals surface area contributed by atoms with Crippen molar-refractivity contribution in [2.75, 3.05) is 5.73 Å². The first kappa shape index (κ1) is 9.39. The third-order valence-electron chi connectivity index (χ3n) is 2.32. The maximum atomic E-state index is 11.5. The van der Waals surface area contributed by atoms with Gasteiger partial charge >= 0.3 is 0 Å². The largest absolute Gasteiger partial charge is 0.374 e. The normalized spacial score (nSPS) is 17.8. The molecular weight excluding hydrogens is 200 g/mol. The molecule has 1 amide bonds. The smallest absolute Gasteiger partial charge is 0.282 e. The summed E-state index contributed by atoms with van der Waals surface area (Å²) in [6.45, 7) is 2.01. The molecule has 1 atom stereocenters. The molecule has 76 valence electrons. The topological polar surface area (TPSA) is 80.9 Å². The molecule has 0 radical (unpaired) electrons. The highest BCUT2D eigenvalue weighted by molar-refractivity contribution is 7.16. The lowest BCUT2D eigenvalue weighted by Gasteiger charge is -2.10. The van der Waals surface area contributed by atoms with E-state index in [4.69, 9.17) is 5.73 Å². The van der Waals surface area contributed by atoms with Gasteiger partial charge in [0.2, 0.25) is 10.1 Å². The number of hydrogen-bond acceptors (Lipinski definition) is 5. The van der Waals surface area contributed by atoms with Crippen LogP contribution in [-0.2, 0) is 0 Å². The molecule has 1 saturated carbocycles. The van der Waals surface area contributed by atoms with Crippen LogP contribution in [0.2, 0.25) is 0 Å². The number of anilines is 1. The standard InChI is InChI=1S/C8H12N4OS/c1-4(5-2-3-5)10-6(13)7-11-12-8(9)14-7/h4-5H,2-3H2,1H3,(H2,9,12)(H,10,13). The number of nitrogen functional groups attached to an aromatic ring is 1. The van der Waals surface area contributed by atoms with E-state index in [2.05, 4.69) is 15.5 Å². The van der Waals surface area contributed by atoms with E-state index in [1.807, 2.05) is 6.92 Å². The fourth-order valence-corrected chi connectivity index (χ4v) is 1.82. The van der Waals surface area contributed by atoms with Crippen molar-refractivity contribution in [3.8, 4) is 0 Å². The lowest BCUT2D eigenvalue weighted by atomic mass is 10.2. The van der Waals surface area contributed by atoms with Crippen LogP contribution >= 0.6 is 11.3 Å². The highest BCUT2D eigenvalue weighted by Crippen LogP contribution is 2.32. The number of nitrogens with zero attached hydrogens (tertiary/aromatic N) is 2. The predicted octanol–water partition coefficient (Wildman–Crippen LogP) is 0.649. The zero-order valence-electron chi connectivity index (χ0n) is 7.86. The van der Waals surface area contributed by atoms with Crippen molar-refractivity contribution < 1.29 is 4.79 Å². The fraction of sp³-hybridized carbons (Fsp3) is 0.625. The van der Waals surface area contributed by atoms with Gasteiger partial charge < -0.3 is 11.1 Å². The minimum atomic E-state index is -0.168. The van der Waals surface area contributed by atoms with E-state index >= 15 is 0 Å². The number of amides is 1. The zero-order chi connectivity index (χ0) is 10.1. The van der Waals surface area contributed by atoms with Gasteiger partial charge in [-0.05, 0) is 25.7 Å². The molecule has 0 spiro atoms. The molecule has 1 aromatic heterocycles. The first-order chi connectivity index (χ1) is 6.66. The minimum Gasteiger partial charge on any atom is -0.374 e. The van der Waals surface area contributed by atoms with Gasteiger partial charge in [0.15, 0.2) is 0 Å². The van der Waals surface area contributed by atoms with E-state index in [9.17, 15) is 4.79 Å². The Labute approximate surface area is 85.7 Å². The minimum absolute atomic E-state index is 0.168. The molecule has 1 aliphatic rings. The lowest BCUT2D eigenvalue weighted by molar-refractivity contribution is 0.0934. The molecule has 1 aromatic rings. The summed E-state index contributed by atoms with van der Waals surface area (Å²) < 4.78 is 0. The first-order valence-corrected chi connectivity index (χ1v) is 5.38. The Morgan fingerprint density at radius 2 is 2.36 bits per heavy atom. The molecule has 2 rings (SSSR count). The molecule has 3 N–H and O–H groups in total. The summed E-state index contributed by atoms with van der Waals surface area (Å²) in [4.78, 5) is 11.5. The van der Waals surface area contributed by atoms with E-state index in [0.29, 0.717) is 16.1 Å². The average molecular weight is 212 g/mol. The van der Waals surface area contributed by atoms with Crippen molar-refractivity contribution in [3.63, 3.8) is 0 Å². The highest BCUT2D eigenvalue weighted by atomic mass is 32.1. The second-order valence-electron chi connectivity index (χ2n) is 3.55. The summed E-state index contributed by atoms with van der Waals surface area (Å²) in [5.74, 6) is 0.475. The van der Waals surface area contributed by atoms with Gasteiger partial charge in [0, 0.05) is 6.04 Å². The summed E-state index contributed by atoms with van der Waals surface area (Å²) in [5.41, 5.74) is 5.38. The number of nitrogens with two attached hydrogens (primary N) is 1. The van der Waals surface area contributed by atoms with E-state index < -0.39 is 0 Å². The summed E-state index contributed by atoms with van der Waals surface area (Å²) in [6.07, 6.45) is 2.42. The second kappa shape index (κ2) is 3.53. The molecule has 14 heavy (non-hydrogen) atoms. The molecule has 1 aliphatic carbocycles. The Kier molecular flexibility index (Phi) is 2.37. The van der Waals surface area contributed by atoms with E-state index in [0.717, 1.165) is 11.3 Å². The Morgan fingerprint density at radius 3 is 2.86 bits per heavy atom. The second-order valence-corrected chi connectivity index (χ2v) is 4.55. The molecule has 6 heteroatoms. The maximum Gasteiger partial charge on any atom is 0.282 e. The van der Waals surface area contributed by atoms with Crippen molar-refractivity contribution in [1.29, 1.82) is 0 Å². The number of hydrogen-bond donors (Lipinski definition) is 2. The fourth-order valence-electron chi connectivity index (χ4n) is 1.31. The van der Waals surface area contributed by atoms with Crippen molar-refractivity contribution in [3.05, 3.63) is 5.01 Å².